The number of hydrogen-bond donors (Lipinski definition) is 0. The summed E-state index contributed by atoms with van der Waals surface area (Å²) in [6.07, 6.45) is 15.0. The molecule has 0 spiro atoms. The Labute approximate surface area is 205 Å². The topological polar surface area (TPSA) is 17.6 Å². The monoisotopic (exact) mass is 536 g/mol. The van der Waals surface area contributed by atoms with Gasteiger partial charge >= 0.3 is 33.1 Å². The van der Waals surface area contributed by atoms with Crippen molar-refractivity contribution in [1.29, 1.82) is 0 Å². The van der Waals surface area contributed by atoms with E-state index < -0.39 is 0 Å². The molecular formula is C22H40Cl2N4Pd+2. The van der Waals surface area contributed by atoms with Crippen LogP contribution in [-0.4, -0.2) is 9.13 Å². The van der Waals surface area contributed by atoms with Crippen molar-refractivity contribution in [2.75, 3.05) is 0 Å². The van der Waals surface area contributed by atoms with E-state index in [2.05, 4.69) is 139 Å². The van der Waals surface area contributed by atoms with E-state index in [-0.39, 0.29) is 67.4 Å². The summed E-state index contributed by atoms with van der Waals surface area (Å²) in [6, 6.07) is 0. The zero-order valence-corrected chi connectivity index (χ0v) is 23.2. The molecule has 0 atom stereocenters. The van der Waals surface area contributed by atoms with E-state index in [0.29, 0.717) is 0 Å². The minimum absolute atomic E-state index is 0. The molecule has 0 N–H and O–H groups in total. The zero-order chi connectivity index (χ0) is 20.6. The molecule has 170 valence electrons. The van der Waals surface area contributed by atoms with Gasteiger partial charge in [-0.05, 0) is 83.1 Å². The largest absolute Gasteiger partial charge is 2.00 e. The molecule has 2 radical (unpaired) electrons. The van der Waals surface area contributed by atoms with Crippen LogP contribution in [0.4, 0.5) is 0 Å². The third kappa shape index (κ3) is 10.5. The van der Waals surface area contributed by atoms with E-state index in [9.17, 15) is 0 Å². The van der Waals surface area contributed by atoms with Crippen molar-refractivity contribution in [3.05, 3.63) is 37.4 Å². The predicted molar refractivity (Wildman–Crippen MR) is 107 cm³/mol. The maximum atomic E-state index is 3.33. The van der Waals surface area contributed by atoms with Crippen LogP contribution < -0.4 is 33.9 Å². The molecule has 4 nitrogen and oxygen atoms in total. The maximum absolute atomic E-state index is 3.33. The Balaban J connectivity index is -0.000000422. The van der Waals surface area contributed by atoms with Crippen molar-refractivity contribution in [1.82, 2.24) is 9.13 Å². The Kier molecular flexibility index (Phi) is 13.0. The molecule has 2 rings (SSSR count). The van der Waals surface area contributed by atoms with Crippen molar-refractivity contribution in [2.45, 2.75) is 105 Å². The van der Waals surface area contributed by atoms with E-state index in [4.69, 9.17) is 0 Å². The molecule has 0 aromatic carbocycles. The summed E-state index contributed by atoms with van der Waals surface area (Å²) in [5.41, 5.74) is 0.486. The molecule has 0 amide bonds. The minimum atomic E-state index is 0. The van der Waals surface area contributed by atoms with Gasteiger partial charge in [-0.2, -0.15) is 0 Å². The average Bonchev–Trinajstić information content (AvgIpc) is 3.06. The van der Waals surface area contributed by atoms with Crippen molar-refractivity contribution in [2.24, 2.45) is 0 Å². The number of rotatable bonds is 0. The van der Waals surface area contributed by atoms with E-state index in [1.807, 2.05) is 0 Å². The molecule has 0 fully saturated rings. The van der Waals surface area contributed by atoms with Crippen LogP contribution in [0.25, 0.3) is 0 Å². The molecule has 2 aromatic heterocycles. The molecule has 0 saturated heterocycles. The summed E-state index contributed by atoms with van der Waals surface area (Å²) in [4.78, 5) is 0. The molecule has 7 heteroatoms. The average molecular weight is 538 g/mol. The summed E-state index contributed by atoms with van der Waals surface area (Å²) in [5.74, 6) is 0. The van der Waals surface area contributed by atoms with Crippen LogP contribution >= 0.6 is 0 Å². The van der Waals surface area contributed by atoms with E-state index in [1.165, 1.54) is 0 Å². The molecule has 0 unspecified atom stereocenters. The zero-order valence-electron chi connectivity index (χ0n) is 20.2. The van der Waals surface area contributed by atoms with Crippen LogP contribution in [0, 0.1) is 12.7 Å². The van der Waals surface area contributed by atoms with Crippen LogP contribution in [0.15, 0.2) is 24.8 Å². The smallest absolute Gasteiger partial charge is 1.00 e. The Hall–Kier alpha value is -0.338. The van der Waals surface area contributed by atoms with E-state index in [0.717, 1.165) is 0 Å². The molecule has 0 aliphatic carbocycles. The second kappa shape index (κ2) is 11.3. The van der Waals surface area contributed by atoms with Gasteiger partial charge in [0.25, 0.3) is 0 Å². The summed E-state index contributed by atoms with van der Waals surface area (Å²) >= 11 is 0. The molecule has 0 aliphatic heterocycles. The number of imidazole rings is 2. The van der Waals surface area contributed by atoms with Crippen LogP contribution in [0.3, 0.4) is 0 Å². The van der Waals surface area contributed by atoms with Crippen LogP contribution in [0.2, 0.25) is 0 Å². The van der Waals surface area contributed by atoms with Gasteiger partial charge in [0.2, 0.25) is 0 Å². The Morgan fingerprint density at radius 1 is 0.552 bits per heavy atom. The second-order valence-electron chi connectivity index (χ2n) is 11.0. The van der Waals surface area contributed by atoms with Gasteiger partial charge in [-0.15, -0.1) is 0 Å². The summed E-state index contributed by atoms with van der Waals surface area (Å²) in [5, 5.41) is 0. The molecule has 29 heavy (non-hydrogen) atoms. The van der Waals surface area contributed by atoms with Crippen LogP contribution in [0.1, 0.15) is 83.1 Å². The van der Waals surface area contributed by atoms with Gasteiger partial charge in [-0.3, -0.25) is 0 Å². The number of hydrogen-bond acceptors (Lipinski definition) is 0. The van der Waals surface area contributed by atoms with Gasteiger partial charge < -0.3 is 24.8 Å². The first-order valence-corrected chi connectivity index (χ1v) is 9.49. The van der Waals surface area contributed by atoms with Crippen molar-refractivity contribution in [3.63, 3.8) is 0 Å². The van der Waals surface area contributed by atoms with Crippen LogP contribution in [0.5, 0.6) is 0 Å². The molecular weight excluding hydrogens is 498 g/mol. The second-order valence-corrected chi connectivity index (χ2v) is 11.0. The van der Waals surface area contributed by atoms with Gasteiger partial charge in [0, 0.05) is 0 Å². The Morgan fingerprint density at radius 3 is 0.897 bits per heavy atom. The van der Waals surface area contributed by atoms with Crippen molar-refractivity contribution in [3.8, 4) is 0 Å². The van der Waals surface area contributed by atoms with Crippen molar-refractivity contribution < 1.29 is 54.4 Å². The SMILES string of the molecule is CC(C)(C)n1[c][n+](C(C)(C)C)cc1.CC(C)(C)n1[c][n+](C(C)(C)C)cc1.[Cl-].[Cl-].[Pd+2]. The first-order chi connectivity index (χ1) is 11.4. The quantitative estimate of drug-likeness (QED) is 0.278. The fourth-order valence-electron chi connectivity index (χ4n) is 2.13. The van der Waals surface area contributed by atoms with Gasteiger partial charge in [-0.1, -0.05) is 0 Å². The molecule has 0 bridgehead atoms. The van der Waals surface area contributed by atoms with Crippen molar-refractivity contribution >= 4 is 0 Å². The molecule has 2 heterocycles. The number of aromatic nitrogens is 4. The van der Waals surface area contributed by atoms with Gasteiger partial charge in [0.1, 0.15) is 46.9 Å². The van der Waals surface area contributed by atoms with Gasteiger partial charge in [0.05, 0.1) is 0 Å². The normalized spacial score (nSPS) is 12.0. The third-order valence-electron chi connectivity index (χ3n) is 4.05. The minimum Gasteiger partial charge on any atom is -1.00 e. The number of nitrogens with zero attached hydrogens (tertiary/aromatic N) is 4. The summed E-state index contributed by atoms with van der Waals surface area (Å²) in [7, 11) is 0. The summed E-state index contributed by atoms with van der Waals surface area (Å²) < 4.78 is 8.44. The molecule has 0 saturated carbocycles. The Morgan fingerprint density at radius 2 is 0.793 bits per heavy atom. The standard InChI is InChI=1S/2C11H20N2.2ClH.Pd/c2*1-10(2,3)12-7-8-13(9-12)11(4,5)6;;;/h2*7-8H,1-6H3;2*1H;/q2*+1;;;+2/p-2. The Bertz CT molecular complexity index is 589. The fourth-order valence-corrected chi connectivity index (χ4v) is 2.13. The third-order valence-corrected chi connectivity index (χ3v) is 4.05. The summed E-state index contributed by atoms with van der Waals surface area (Å²) in [6.45, 7) is 26.1. The number of halogens is 2. The van der Waals surface area contributed by atoms with E-state index >= 15 is 0 Å². The van der Waals surface area contributed by atoms with Crippen LogP contribution in [-0.2, 0) is 42.6 Å². The first-order valence-electron chi connectivity index (χ1n) is 9.49. The fraction of sp³-hybridized carbons (Fsp3) is 0.727. The van der Waals surface area contributed by atoms with Gasteiger partial charge in [0.15, 0.2) is 0 Å². The first kappa shape index (κ1) is 33.3. The van der Waals surface area contributed by atoms with E-state index in [1.54, 1.807) is 0 Å². The van der Waals surface area contributed by atoms with Gasteiger partial charge in [-0.25, -0.2) is 18.3 Å². The maximum Gasteiger partial charge on any atom is 2.00 e. The molecule has 0 aliphatic rings. The predicted octanol–water partition coefficient (Wildman–Crippen LogP) is -1.82. The molecule has 2 aromatic rings.